The zero-order chi connectivity index (χ0) is 26.0. The van der Waals surface area contributed by atoms with Gasteiger partial charge in [0.2, 0.25) is 0 Å². The first-order chi connectivity index (χ1) is 17.1. The van der Waals surface area contributed by atoms with E-state index in [4.69, 9.17) is 0 Å². The summed E-state index contributed by atoms with van der Waals surface area (Å²) in [5.41, 5.74) is 0.747. The molecule has 0 aliphatic carbocycles. The van der Waals surface area contributed by atoms with Gasteiger partial charge in [-0.25, -0.2) is 9.48 Å². The zero-order valence-corrected chi connectivity index (χ0v) is 19.5. The highest BCUT2D eigenvalue weighted by Gasteiger charge is 2.33. The van der Waals surface area contributed by atoms with Gasteiger partial charge in [-0.2, -0.15) is 18.3 Å². The number of methoxy groups -OCH3 is 1. The summed E-state index contributed by atoms with van der Waals surface area (Å²) in [4.78, 5) is 38.3. The van der Waals surface area contributed by atoms with E-state index < -0.39 is 29.7 Å². The molecule has 0 saturated heterocycles. The molecule has 1 aliphatic rings. The van der Waals surface area contributed by atoms with Crippen LogP contribution in [-0.4, -0.2) is 41.6 Å². The molecular weight excluding hydrogens is 477 g/mol. The van der Waals surface area contributed by atoms with Crippen LogP contribution in [0.5, 0.6) is 0 Å². The summed E-state index contributed by atoms with van der Waals surface area (Å²) < 4.78 is 45.6. The number of anilines is 1. The molecule has 188 valence electrons. The molecule has 0 fully saturated rings. The van der Waals surface area contributed by atoms with Crippen LogP contribution in [0.15, 0.2) is 48.5 Å². The number of nitrogens with zero attached hydrogens (tertiary/aromatic N) is 3. The largest absolute Gasteiger partial charge is 0.465 e. The van der Waals surface area contributed by atoms with Gasteiger partial charge in [-0.3, -0.25) is 9.59 Å². The number of alkyl halides is 3. The topological polar surface area (TPSA) is 93.5 Å². The monoisotopic (exact) mass is 500 g/mol. The molecule has 36 heavy (non-hydrogen) atoms. The molecule has 0 saturated carbocycles. The maximum absolute atomic E-state index is 13.3. The fraction of sp³-hybridized carbons (Fsp3) is 0.280. The number of amides is 1. The SMILES string of the molecule is COC(=O)c1ccc([C@H](C)NC(=O)c2c(C=O)nn3c2N(Cc2cccc(C(F)(F)F)c2)CC3)cc1. The Morgan fingerprint density at radius 2 is 1.89 bits per heavy atom. The molecule has 2 aromatic carbocycles. The molecule has 1 N–H and O–H groups in total. The number of aromatic nitrogens is 2. The average Bonchev–Trinajstić information content (AvgIpc) is 3.42. The number of carbonyl (C=O) groups is 3. The smallest absolute Gasteiger partial charge is 0.416 e. The maximum Gasteiger partial charge on any atom is 0.416 e. The Hall–Kier alpha value is -4.15. The first-order valence-electron chi connectivity index (χ1n) is 11.1. The minimum absolute atomic E-state index is 0.0514. The molecule has 0 radical (unpaired) electrons. The number of hydrogen-bond acceptors (Lipinski definition) is 6. The van der Waals surface area contributed by atoms with Crippen LogP contribution >= 0.6 is 0 Å². The van der Waals surface area contributed by atoms with Gasteiger partial charge in [0.25, 0.3) is 5.91 Å². The number of carbonyl (C=O) groups excluding carboxylic acids is 3. The molecule has 0 spiro atoms. The molecule has 11 heteroatoms. The van der Waals surface area contributed by atoms with Crippen LogP contribution in [0.4, 0.5) is 19.0 Å². The quantitative estimate of drug-likeness (QED) is 0.389. The number of nitrogens with one attached hydrogen (secondary N) is 1. The van der Waals surface area contributed by atoms with E-state index in [1.165, 1.54) is 17.9 Å². The van der Waals surface area contributed by atoms with Gasteiger partial charge in [0.15, 0.2) is 6.29 Å². The normalized spacial score (nSPS) is 13.8. The van der Waals surface area contributed by atoms with Crippen molar-refractivity contribution < 1.29 is 32.3 Å². The van der Waals surface area contributed by atoms with Gasteiger partial charge in [0.05, 0.1) is 30.8 Å². The molecule has 1 aromatic heterocycles. The molecule has 1 amide bonds. The average molecular weight is 500 g/mol. The van der Waals surface area contributed by atoms with Crippen molar-refractivity contribution in [3.8, 4) is 0 Å². The summed E-state index contributed by atoms with van der Waals surface area (Å²) in [6.07, 6.45) is -3.98. The van der Waals surface area contributed by atoms with Crippen molar-refractivity contribution in [2.45, 2.75) is 32.2 Å². The van der Waals surface area contributed by atoms with Crippen LogP contribution in [0.2, 0.25) is 0 Å². The molecule has 0 unspecified atom stereocenters. The summed E-state index contributed by atoms with van der Waals surface area (Å²) in [7, 11) is 1.28. The van der Waals surface area contributed by atoms with Crippen LogP contribution in [-0.2, 0) is 24.0 Å². The Balaban J connectivity index is 1.57. The summed E-state index contributed by atoms with van der Waals surface area (Å²) in [6.45, 7) is 2.66. The number of rotatable bonds is 7. The molecule has 1 atom stereocenters. The fourth-order valence-corrected chi connectivity index (χ4v) is 4.17. The van der Waals surface area contributed by atoms with Gasteiger partial charge in [-0.15, -0.1) is 0 Å². The first-order valence-corrected chi connectivity index (χ1v) is 11.1. The van der Waals surface area contributed by atoms with Crippen molar-refractivity contribution in [2.24, 2.45) is 0 Å². The van der Waals surface area contributed by atoms with Crippen LogP contribution in [0, 0.1) is 0 Å². The van der Waals surface area contributed by atoms with Gasteiger partial charge in [-0.1, -0.05) is 24.3 Å². The molecule has 1 aliphatic heterocycles. The second-order valence-electron chi connectivity index (χ2n) is 8.35. The van der Waals surface area contributed by atoms with Crippen molar-refractivity contribution in [3.05, 3.63) is 82.0 Å². The lowest BCUT2D eigenvalue weighted by molar-refractivity contribution is -0.137. The van der Waals surface area contributed by atoms with Gasteiger partial charge < -0.3 is 15.0 Å². The van der Waals surface area contributed by atoms with E-state index in [0.29, 0.717) is 41.9 Å². The third kappa shape index (κ3) is 4.95. The number of aldehydes is 1. The number of benzene rings is 2. The Morgan fingerprint density at radius 3 is 2.53 bits per heavy atom. The highest BCUT2D eigenvalue weighted by Crippen LogP contribution is 2.33. The number of esters is 1. The number of halogens is 3. The number of ether oxygens (including phenoxy) is 1. The Morgan fingerprint density at radius 1 is 1.17 bits per heavy atom. The first kappa shape index (κ1) is 25.0. The van der Waals surface area contributed by atoms with E-state index >= 15 is 0 Å². The van der Waals surface area contributed by atoms with Crippen molar-refractivity contribution in [1.29, 1.82) is 0 Å². The molecule has 8 nitrogen and oxygen atoms in total. The lowest BCUT2D eigenvalue weighted by Gasteiger charge is -2.21. The minimum atomic E-state index is -4.47. The van der Waals surface area contributed by atoms with Crippen LogP contribution < -0.4 is 10.2 Å². The highest BCUT2D eigenvalue weighted by atomic mass is 19.4. The molecular formula is C25H23F3N4O4. The van der Waals surface area contributed by atoms with Crippen molar-refractivity contribution in [3.63, 3.8) is 0 Å². The third-order valence-electron chi connectivity index (χ3n) is 5.98. The Kier molecular flexibility index (Phi) is 6.82. The van der Waals surface area contributed by atoms with E-state index in [9.17, 15) is 27.6 Å². The Bertz CT molecular complexity index is 1300. The lowest BCUT2D eigenvalue weighted by atomic mass is 10.1. The minimum Gasteiger partial charge on any atom is -0.465 e. The van der Waals surface area contributed by atoms with Crippen molar-refractivity contribution >= 4 is 24.0 Å². The summed E-state index contributed by atoms with van der Waals surface area (Å²) in [5, 5.41) is 7.05. The van der Waals surface area contributed by atoms with E-state index in [-0.39, 0.29) is 17.8 Å². The van der Waals surface area contributed by atoms with Gasteiger partial charge in [0.1, 0.15) is 17.1 Å². The standard InChI is InChI=1S/C25H23F3N4O4/c1-15(17-6-8-18(9-7-17)24(35)36-2)29-22(34)21-20(14-33)30-32-11-10-31(23(21)32)13-16-4-3-5-19(12-16)25(26,27)28/h3-9,12,14-15H,10-11,13H2,1-2H3,(H,29,34)/t15-/m0/s1. The number of fused-ring (bicyclic) bond motifs is 1. The van der Waals surface area contributed by atoms with Gasteiger partial charge in [0, 0.05) is 13.1 Å². The lowest BCUT2D eigenvalue weighted by Crippen LogP contribution is -2.30. The number of hydrogen-bond donors (Lipinski definition) is 1. The van der Waals surface area contributed by atoms with Crippen LogP contribution in [0.25, 0.3) is 0 Å². The van der Waals surface area contributed by atoms with Gasteiger partial charge >= 0.3 is 12.1 Å². The van der Waals surface area contributed by atoms with Crippen LogP contribution in [0.3, 0.4) is 0 Å². The predicted octanol–water partition coefficient (Wildman–Crippen LogP) is 4.01. The van der Waals surface area contributed by atoms with E-state index in [1.54, 1.807) is 42.2 Å². The van der Waals surface area contributed by atoms with Crippen LogP contribution in [0.1, 0.15) is 60.9 Å². The van der Waals surface area contributed by atoms with Crippen molar-refractivity contribution in [1.82, 2.24) is 15.1 Å². The fourth-order valence-electron chi connectivity index (χ4n) is 4.17. The molecule has 4 rings (SSSR count). The van der Waals surface area contributed by atoms with E-state index in [1.807, 2.05) is 0 Å². The van der Waals surface area contributed by atoms with E-state index in [2.05, 4.69) is 15.2 Å². The Labute approximate surface area is 204 Å². The predicted molar refractivity (Wildman–Crippen MR) is 124 cm³/mol. The summed E-state index contributed by atoms with van der Waals surface area (Å²) in [5.74, 6) is -0.649. The maximum atomic E-state index is 13.3. The van der Waals surface area contributed by atoms with Crippen molar-refractivity contribution in [2.75, 3.05) is 18.6 Å². The molecule has 0 bridgehead atoms. The highest BCUT2D eigenvalue weighted by molar-refractivity contribution is 6.05. The zero-order valence-electron chi connectivity index (χ0n) is 19.5. The summed E-state index contributed by atoms with van der Waals surface area (Å²) in [6, 6.07) is 11.0. The van der Waals surface area contributed by atoms with Gasteiger partial charge in [-0.05, 0) is 42.3 Å². The third-order valence-corrected chi connectivity index (χ3v) is 5.98. The van der Waals surface area contributed by atoms with E-state index in [0.717, 1.165) is 12.1 Å². The summed E-state index contributed by atoms with van der Waals surface area (Å²) >= 11 is 0. The molecule has 3 aromatic rings. The molecule has 2 heterocycles. The second kappa shape index (κ2) is 9.84. The second-order valence-corrected chi connectivity index (χ2v) is 8.35.